The van der Waals surface area contributed by atoms with E-state index in [-0.39, 0.29) is 11.8 Å². The van der Waals surface area contributed by atoms with Crippen molar-refractivity contribution in [2.75, 3.05) is 18.0 Å². The Kier molecular flexibility index (Phi) is 2.65. The van der Waals surface area contributed by atoms with Gasteiger partial charge in [0.2, 0.25) is 5.91 Å². The molecule has 0 aromatic carbocycles. The molecule has 3 aromatic rings. The molecule has 0 spiro atoms. The highest BCUT2D eigenvalue weighted by Gasteiger charge is 2.33. The number of nitrogens with zero attached hydrogens (tertiary/aromatic N) is 6. The molecule has 8 heteroatoms. The predicted molar refractivity (Wildman–Crippen MR) is 80.1 cm³/mol. The number of fused-ring (bicyclic) bond motifs is 1. The first kappa shape index (κ1) is 12.8. The Balaban J connectivity index is 1.71. The number of carbonyl (C=O) groups is 1. The zero-order chi connectivity index (χ0) is 15.3. The first-order chi connectivity index (χ1) is 10.6. The highest BCUT2D eigenvalue weighted by molar-refractivity contribution is 5.83. The number of amides is 1. The summed E-state index contributed by atoms with van der Waals surface area (Å²) in [5, 5.41) is 8.44. The lowest BCUT2D eigenvalue weighted by molar-refractivity contribution is -0.122. The van der Waals surface area contributed by atoms with Crippen LogP contribution in [0, 0.1) is 5.92 Å². The van der Waals surface area contributed by atoms with Crippen molar-refractivity contribution in [1.29, 1.82) is 0 Å². The van der Waals surface area contributed by atoms with Crippen molar-refractivity contribution in [3.63, 3.8) is 0 Å². The summed E-state index contributed by atoms with van der Waals surface area (Å²) in [5.74, 6) is 0.471. The van der Waals surface area contributed by atoms with E-state index in [0.29, 0.717) is 13.1 Å². The molecule has 1 aliphatic heterocycles. The molecule has 0 atom stereocenters. The van der Waals surface area contributed by atoms with Gasteiger partial charge in [0.1, 0.15) is 11.8 Å². The van der Waals surface area contributed by atoms with Crippen molar-refractivity contribution in [1.82, 2.24) is 24.4 Å². The number of hydrogen-bond donors (Lipinski definition) is 1. The average molecular weight is 297 g/mol. The molecule has 4 rings (SSSR count). The lowest BCUT2D eigenvalue weighted by Crippen LogP contribution is -2.53. The van der Waals surface area contributed by atoms with Crippen LogP contribution in [-0.2, 0) is 11.8 Å². The summed E-state index contributed by atoms with van der Waals surface area (Å²) in [6.07, 6.45) is 7.24. The fraction of sp³-hybridized carbons (Fsp3) is 0.286. The topological polar surface area (TPSA) is 94.3 Å². The third kappa shape index (κ3) is 1.92. The number of rotatable bonds is 3. The molecule has 0 bridgehead atoms. The smallest absolute Gasteiger partial charge is 0.224 e. The van der Waals surface area contributed by atoms with Crippen molar-refractivity contribution in [2.45, 2.75) is 0 Å². The summed E-state index contributed by atoms with van der Waals surface area (Å²) < 4.78 is 3.55. The molecule has 1 aliphatic rings. The molecular formula is C14H15N7O. The van der Waals surface area contributed by atoms with Crippen LogP contribution in [0.5, 0.6) is 0 Å². The highest BCUT2D eigenvalue weighted by atomic mass is 16.1. The van der Waals surface area contributed by atoms with E-state index in [2.05, 4.69) is 15.2 Å². The maximum absolute atomic E-state index is 11.2. The number of hydrogen-bond acceptors (Lipinski definition) is 5. The van der Waals surface area contributed by atoms with Crippen LogP contribution in [0.1, 0.15) is 0 Å². The van der Waals surface area contributed by atoms with Crippen molar-refractivity contribution in [3.05, 3.63) is 31.0 Å². The number of aromatic nitrogens is 5. The lowest BCUT2D eigenvalue weighted by Gasteiger charge is -2.38. The fourth-order valence-electron chi connectivity index (χ4n) is 2.72. The maximum Gasteiger partial charge on any atom is 0.224 e. The summed E-state index contributed by atoms with van der Waals surface area (Å²) in [6, 6.07) is 2.03. The number of aryl methyl sites for hydroxylation is 1. The molecular weight excluding hydrogens is 282 g/mol. The van der Waals surface area contributed by atoms with Gasteiger partial charge in [-0.05, 0) is 6.07 Å². The van der Waals surface area contributed by atoms with Gasteiger partial charge >= 0.3 is 0 Å². The Labute approximate surface area is 126 Å². The van der Waals surface area contributed by atoms with Crippen molar-refractivity contribution >= 4 is 17.2 Å². The number of anilines is 1. The molecule has 1 amide bonds. The minimum absolute atomic E-state index is 0.0947. The van der Waals surface area contributed by atoms with Crippen LogP contribution in [0.25, 0.3) is 16.6 Å². The van der Waals surface area contributed by atoms with E-state index in [1.807, 2.05) is 36.6 Å². The molecule has 0 aliphatic carbocycles. The van der Waals surface area contributed by atoms with E-state index in [1.165, 1.54) is 6.33 Å². The van der Waals surface area contributed by atoms with E-state index in [9.17, 15) is 4.79 Å². The second-order valence-corrected chi connectivity index (χ2v) is 5.55. The van der Waals surface area contributed by atoms with E-state index in [1.54, 1.807) is 9.20 Å². The SMILES string of the molecule is Cn1cc(-c2cc3c(N4CC(C(N)=O)C4)ncnn3c2)cn1. The minimum atomic E-state index is -0.257. The monoisotopic (exact) mass is 297 g/mol. The first-order valence-corrected chi connectivity index (χ1v) is 6.98. The normalized spacial score (nSPS) is 15.2. The van der Waals surface area contributed by atoms with Gasteiger partial charge in [-0.2, -0.15) is 10.2 Å². The van der Waals surface area contributed by atoms with E-state index in [4.69, 9.17) is 5.73 Å². The standard InChI is InChI=1S/C14H15N7O/c1-19-4-10(3-17-19)9-2-12-14(16-8-18-21(12)7-9)20-5-11(6-20)13(15)22/h2-4,7-8,11H,5-6H2,1H3,(H2,15,22). The van der Waals surface area contributed by atoms with Crippen molar-refractivity contribution < 1.29 is 4.79 Å². The number of carbonyl (C=O) groups excluding carboxylic acids is 1. The summed E-state index contributed by atoms with van der Waals surface area (Å²) in [7, 11) is 1.88. The summed E-state index contributed by atoms with van der Waals surface area (Å²) >= 11 is 0. The molecule has 0 radical (unpaired) electrons. The fourth-order valence-corrected chi connectivity index (χ4v) is 2.72. The molecule has 2 N–H and O–H groups in total. The van der Waals surface area contributed by atoms with E-state index < -0.39 is 0 Å². The molecule has 1 fully saturated rings. The van der Waals surface area contributed by atoms with Crippen molar-refractivity contribution in [3.8, 4) is 11.1 Å². The Morgan fingerprint density at radius 2 is 2.09 bits per heavy atom. The Morgan fingerprint density at radius 1 is 1.27 bits per heavy atom. The number of primary amides is 1. The maximum atomic E-state index is 11.2. The highest BCUT2D eigenvalue weighted by Crippen LogP contribution is 2.29. The van der Waals surface area contributed by atoms with E-state index >= 15 is 0 Å². The van der Waals surface area contributed by atoms with Crippen LogP contribution in [-0.4, -0.2) is 43.4 Å². The third-order valence-electron chi connectivity index (χ3n) is 4.01. The van der Waals surface area contributed by atoms with Gasteiger partial charge in [-0.1, -0.05) is 0 Å². The Morgan fingerprint density at radius 3 is 2.77 bits per heavy atom. The van der Waals surface area contributed by atoms with Gasteiger partial charge in [-0.15, -0.1) is 0 Å². The van der Waals surface area contributed by atoms with E-state index in [0.717, 1.165) is 22.5 Å². The molecule has 1 saturated heterocycles. The minimum Gasteiger partial charge on any atom is -0.369 e. The zero-order valence-electron chi connectivity index (χ0n) is 12.0. The summed E-state index contributed by atoms with van der Waals surface area (Å²) in [6.45, 7) is 1.21. The third-order valence-corrected chi connectivity index (χ3v) is 4.01. The van der Waals surface area contributed by atoms with Crippen LogP contribution in [0.3, 0.4) is 0 Å². The zero-order valence-corrected chi connectivity index (χ0v) is 12.0. The number of nitrogens with two attached hydrogens (primary N) is 1. The second kappa shape index (κ2) is 4.55. The molecule has 0 unspecified atom stereocenters. The van der Waals surface area contributed by atoms with Crippen molar-refractivity contribution in [2.24, 2.45) is 18.7 Å². The molecule has 112 valence electrons. The van der Waals surface area contributed by atoms with Gasteiger partial charge < -0.3 is 10.6 Å². The van der Waals surface area contributed by atoms with Gasteiger partial charge in [-0.3, -0.25) is 9.48 Å². The van der Waals surface area contributed by atoms with Crippen LogP contribution in [0.2, 0.25) is 0 Å². The predicted octanol–water partition coefficient (Wildman–Crippen LogP) is 0.0513. The molecule has 22 heavy (non-hydrogen) atoms. The van der Waals surface area contributed by atoms with Crippen LogP contribution < -0.4 is 10.6 Å². The Bertz CT molecular complexity index is 859. The lowest BCUT2D eigenvalue weighted by atomic mass is 10.00. The summed E-state index contributed by atoms with van der Waals surface area (Å²) in [4.78, 5) is 17.6. The first-order valence-electron chi connectivity index (χ1n) is 6.98. The molecule has 8 nitrogen and oxygen atoms in total. The van der Waals surface area contributed by atoms with Gasteiger partial charge in [0.05, 0.1) is 12.1 Å². The van der Waals surface area contributed by atoms with Gasteiger partial charge in [0.15, 0.2) is 5.82 Å². The summed E-state index contributed by atoms with van der Waals surface area (Å²) in [5.41, 5.74) is 8.28. The van der Waals surface area contributed by atoms with Crippen LogP contribution in [0.4, 0.5) is 5.82 Å². The average Bonchev–Trinajstić information content (AvgIpc) is 3.02. The van der Waals surface area contributed by atoms with Crippen LogP contribution in [0.15, 0.2) is 31.0 Å². The van der Waals surface area contributed by atoms with Gasteiger partial charge in [-0.25, -0.2) is 9.50 Å². The largest absolute Gasteiger partial charge is 0.369 e. The molecule has 0 saturated carbocycles. The van der Waals surface area contributed by atoms with Crippen LogP contribution >= 0.6 is 0 Å². The Hall–Kier alpha value is -2.90. The van der Waals surface area contributed by atoms with Gasteiger partial charge in [0.25, 0.3) is 0 Å². The van der Waals surface area contributed by atoms with Gasteiger partial charge in [0, 0.05) is 43.7 Å². The molecule has 3 aromatic heterocycles. The quantitative estimate of drug-likeness (QED) is 0.737. The second-order valence-electron chi connectivity index (χ2n) is 5.55. The molecule has 4 heterocycles.